The molecule has 0 radical (unpaired) electrons. The maximum atomic E-state index is 5.68. The summed E-state index contributed by atoms with van der Waals surface area (Å²) in [7, 11) is 1.93. The van der Waals surface area contributed by atoms with E-state index in [9.17, 15) is 0 Å². The van der Waals surface area contributed by atoms with Crippen molar-refractivity contribution in [3.8, 4) is 0 Å². The fraction of sp³-hybridized carbons (Fsp3) is 0.400. The lowest BCUT2D eigenvalue weighted by molar-refractivity contribution is 0.620. The summed E-state index contributed by atoms with van der Waals surface area (Å²) < 4.78 is 3.70. The fourth-order valence-corrected chi connectivity index (χ4v) is 1.59. The van der Waals surface area contributed by atoms with Gasteiger partial charge in [-0.3, -0.25) is 9.36 Å². The second-order valence-electron chi connectivity index (χ2n) is 3.80. The first-order valence-electron chi connectivity index (χ1n) is 4.85. The zero-order valence-electron chi connectivity index (χ0n) is 9.23. The van der Waals surface area contributed by atoms with Crippen molar-refractivity contribution in [3.63, 3.8) is 0 Å². The average Bonchev–Trinajstić information content (AvgIpc) is 2.59. The molecule has 80 valence electrons. The van der Waals surface area contributed by atoms with Crippen molar-refractivity contribution in [2.45, 2.75) is 20.4 Å². The lowest BCUT2D eigenvalue weighted by atomic mass is 10.3. The SMILES string of the molecule is Cc1cc(Cn2cc(C)c(N)n2)n(C)n1. The van der Waals surface area contributed by atoms with Crippen LogP contribution in [0.3, 0.4) is 0 Å². The van der Waals surface area contributed by atoms with Gasteiger partial charge in [0, 0.05) is 18.8 Å². The highest BCUT2D eigenvalue weighted by Crippen LogP contribution is 2.09. The van der Waals surface area contributed by atoms with E-state index in [1.165, 1.54) is 0 Å². The molecule has 0 aromatic carbocycles. The highest BCUT2D eigenvalue weighted by Gasteiger charge is 2.05. The van der Waals surface area contributed by atoms with Crippen LogP contribution in [0, 0.1) is 13.8 Å². The van der Waals surface area contributed by atoms with E-state index in [4.69, 9.17) is 5.73 Å². The number of anilines is 1. The molecule has 2 rings (SSSR count). The van der Waals surface area contributed by atoms with E-state index in [-0.39, 0.29) is 0 Å². The summed E-state index contributed by atoms with van der Waals surface area (Å²) in [5.41, 5.74) is 8.83. The van der Waals surface area contributed by atoms with Crippen LogP contribution < -0.4 is 5.73 Å². The number of hydrogen-bond acceptors (Lipinski definition) is 3. The molecule has 0 aliphatic rings. The Morgan fingerprint density at radius 1 is 1.33 bits per heavy atom. The van der Waals surface area contributed by atoms with Gasteiger partial charge in [-0.25, -0.2) is 0 Å². The summed E-state index contributed by atoms with van der Waals surface area (Å²) in [6.45, 7) is 4.63. The Hall–Kier alpha value is -1.78. The van der Waals surface area contributed by atoms with Crippen molar-refractivity contribution < 1.29 is 0 Å². The number of hydrogen-bond donors (Lipinski definition) is 1. The highest BCUT2D eigenvalue weighted by molar-refractivity contribution is 5.35. The monoisotopic (exact) mass is 205 g/mol. The van der Waals surface area contributed by atoms with Crippen LogP contribution >= 0.6 is 0 Å². The minimum absolute atomic E-state index is 0.592. The molecule has 2 heterocycles. The van der Waals surface area contributed by atoms with Gasteiger partial charge in [-0.15, -0.1) is 0 Å². The first-order valence-corrected chi connectivity index (χ1v) is 4.85. The third-order valence-corrected chi connectivity index (χ3v) is 2.41. The summed E-state index contributed by atoms with van der Waals surface area (Å²) in [5, 5.41) is 8.49. The van der Waals surface area contributed by atoms with Gasteiger partial charge in [0.15, 0.2) is 0 Å². The van der Waals surface area contributed by atoms with Gasteiger partial charge in [0.05, 0.1) is 17.9 Å². The molecule has 15 heavy (non-hydrogen) atoms. The summed E-state index contributed by atoms with van der Waals surface area (Å²) in [6, 6.07) is 2.05. The third kappa shape index (κ3) is 1.86. The molecule has 0 aliphatic heterocycles. The molecule has 0 saturated heterocycles. The van der Waals surface area contributed by atoms with E-state index in [0.717, 1.165) is 17.0 Å². The van der Waals surface area contributed by atoms with Gasteiger partial charge in [0.25, 0.3) is 0 Å². The number of nitrogen functional groups attached to an aromatic ring is 1. The second-order valence-corrected chi connectivity index (χ2v) is 3.80. The van der Waals surface area contributed by atoms with Gasteiger partial charge in [0.1, 0.15) is 5.82 Å². The van der Waals surface area contributed by atoms with E-state index in [2.05, 4.69) is 10.2 Å². The van der Waals surface area contributed by atoms with Crippen LogP contribution in [0.1, 0.15) is 17.0 Å². The molecule has 0 bridgehead atoms. The summed E-state index contributed by atoms with van der Waals surface area (Å²) >= 11 is 0. The maximum absolute atomic E-state index is 5.68. The average molecular weight is 205 g/mol. The molecule has 0 saturated carbocycles. The summed E-state index contributed by atoms with van der Waals surface area (Å²) in [4.78, 5) is 0. The highest BCUT2D eigenvalue weighted by atomic mass is 15.3. The Labute approximate surface area is 88.5 Å². The molecular formula is C10H15N5. The molecule has 5 nitrogen and oxygen atoms in total. The molecule has 0 aliphatic carbocycles. The van der Waals surface area contributed by atoms with Crippen molar-refractivity contribution in [1.82, 2.24) is 19.6 Å². The summed E-state index contributed by atoms with van der Waals surface area (Å²) in [6.07, 6.45) is 1.94. The maximum Gasteiger partial charge on any atom is 0.148 e. The Balaban J connectivity index is 2.25. The van der Waals surface area contributed by atoms with E-state index in [1.807, 2.05) is 42.5 Å². The predicted molar refractivity (Wildman–Crippen MR) is 58.4 cm³/mol. The van der Waals surface area contributed by atoms with E-state index in [0.29, 0.717) is 12.4 Å². The van der Waals surface area contributed by atoms with Crippen molar-refractivity contribution >= 4 is 5.82 Å². The molecule has 2 aromatic rings. The van der Waals surface area contributed by atoms with Gasteiger partial charge >= 0.3 is 0 Å². The molecule has 0 amide bonds. The molecule has 2 aromatic heterocycles. The Kier molecular flexibility index (Phi) is 2.22. The van der Waals surface area contributed by atoms with Crippen LogP contribution in [0.2, 0.25) is 0 Å². The molecule has 0 fully saturated rings. The van der Waals surface area contributed by atoms with Crippen LogP contribution in [-0.4, -0.2) is 19.6 Å². The van der Waals surface area contributed by atoms with Crippen LogP contribution in [-0.2, 0) is 13.6 Å². The third-order valence-electron chi connectivity index (χ3n) is 2.41. The zero-order chi connectivity index (χ0) is 11.0. The van der Waals surface area contributed by atoms with E-state index >= 15 is 0 Å². The molecule has 0 unspecified atom stereocenters. The van der Waals surface area contributed by atoms with Crippen LogP contribution in [0.15, 0.2) is 12.3 Å². The van der Waals surface area contributed by atoms with Gasteiger partial charge in [-0.05, 0) is 19.9 Å². The number of rotatable bonds is 2. The second kappa shape index (κ2) is 3.42. The minimum atomic E-state index is 0.592. The van der Waals surface area contributed by atoms with Crippen molar-refractivity contribution in [3.05, 3.63) is 29.2 Å². The fourth-order valence-electron chi connectivity index (χ4n) is 1.59. The smallest absolute Gasteiger partial charge is 0.148 e. The van der Waals surface area contributed by atoms with Gasteiger partial charge < -0.3 is 5.73 Å². The minimum Gasteiger partial charge on any atom is -0.382 e. The lowest BCUT2D eigenvalue weighted by Crippen LogP contribution is -2.06. The zero-order valence-corrected chi connectivity index (χ0v) is 9.23. The van der Waals surface area contributed by atoms with E-state index in [1.54, 1.807) is 0 Å². The Morgan fingerprint density at radius 3 is 2.53 bits per heavy atom. The Bertz CT molecular complexity index is 460. The normalized spacial score (nSPS) is 10.9. The van der Waals surface area contributed by atoms with Crippen molar-refractivity contribution in [1.29, 1.82) is 0 Å². The van der Waals surface area contributed by atoms with Crippen molar-refractivity contribution in [2.75, 3.05) is 5.73 Å². The van der Waals surface area contributed by atoms with Crippen LogP contribution in [0.5, 0.6) is 0 Å². The number of nitrogens with zero attached hydrogens (tertiary/aromatic N) is 4. The van der Waals surface area contributed by atoms with E-state index < -0.39 is 0 Å². The number of aryl methyl sites for hydroxylation is 3. The Morgan fingerprint density at radius 2 is 2.07 bits per heavy atom. The quantitative estimate of drug-likeness (QED) is 0.791. The first kappa shape index (κ1) is 9.76. The van der Waals surface area contributed by atoms with Crippen LogP contribution in [0.25, 0.3) is 0 Å². The first-order chi connectivity index (χ1) is 7.06. The molecule has 2 N–H and O–H groups in total. The number of aromatic nitrogens is 4. The number of nitrogens with two attached hydrogens (primary N) is 1. The topological polar surface area (TPSA) is 61.7 Å². The summed E-state index contributed by atoms with van der Waals surface area (Å²) in [5.74, 6) is 0.592. The standard InChI is InChI=1S/C10H15N5/c1-7-5-15(13-10(7)11)6-9-4-8(2)12-14(9)3/h4-5H,6H2,1-3H3,(H2,11,13). The molecular weight excluding hydrogens is 190 g/mol. The van der Waals surface area contributed by atoms with Gasteiger partial charge in [0.2, 0.25) is 0 Å². The molecule has 0 spiro atoms. The molecule has 0 atom stereocenters. The largest absolute Gasteiger partial charge is 0.382 e. The lowest BCUT2D eigenvalue weighted by Gasteiger charge is -2.01. The van der Waals surface area contributed by atoms with Crippen molar-refractivity contribution in [2.24, 2.45) is 7.05 Å². The predicted octanol–water partition coefficient (Wildman–Crippen LogP) is 0.864. The molecule has 5 heteroatoms. The van der Waals surface area contributed by atoms with Crippen LogP contribution in [0.4, 0.5) is 5.82 Å². The van der Waals surface area contributed by atoms with Gasteiger partial charge in [-0.1, -0.05) is 0 Å². The van der Waals surface area contributed by atoms with Gasteiger partial charge in [-0.2, -0.15) is 10.2 Å².